The third kappa shape index (κ3) is 3.23. The van der Waals surface area contributed by atoms with Crippen LogP contribution in [0.5, 0.6) is 0 Å². The zero-order valence-corrected chi connectivity index (χ0v) is 12.6. The number of hydrogen-bond acceptors (Lipinski definition) is 2. The first-order valence-corrected chi connectivity index (χ1v) is 7.45. The fourth-order valence-electron chi connectivity index (χ4n) is 3.66. The molecule has 0 aromatic carbocycles. The Morgan fingerprint density at radius 3 is 2.00 bits per heavy atom. The van der Waals surface area contributed by atoms with Crippen LogP contribution in [0.1, 0.15) is 58.8 Å². The molecule has 1 N–H and O–H groups in total. The Hall–Kier alpha value is -0.0800. The molecule has 102 valence electrons. The second-order valence-corrected chi connectivity index (χ2v) is 5.96. The monoisotopic (exact) mass is 240 g/mol. The molecule has 1 saturated carbocycles. The first kappa shape index (κ1) is 15.0. The molecule has 1 aliphatic carbocycles. The molecule has 1 aliphatic rings. The second-order valence-electron chi connectivity index (χ2n) is 5.96. The van der Waals surface area contributed by atoms with Crippen molar-refractivity contribution in [2.24, 2.45) is 5.92 Å². The van der Waals surface area contributed by atoms with Gasteiger partial charge in [-0.1, -0.05) is 39.5 Å². The van der Waals surface area contributed by atoms with E-state index in [-0.39, 0.29) is 0 Å². The summed E-state index contributed by atoms with van der Waals surface area (Å²) in [5.74, 6) is 0.880. The van der Waals surface area contributed by atoms with Crippen molar-refractivity contribution in [3.63, 3.8) is 0 Å². The Morgan fingerprint density at radius 2 is 1.65 bits per heavy atom. The van der Waals surface area contributed by atoms with E-state index in [9.17, 15) is 0 Å². The van der Waals surface area contributed by atoms with Crippen LogP contribution in [0.3, 0.4) is 0 Å². The maximum absolute atomic E-state index is 3.62. The van der Waals surface area contributed by atoms with Gasteiger partial charge in [0.25, 0.3) is 0 Å². The fraction of sp³-hybridized carbons (Fsp3) is 1.00. The molecule has 0 aromatic heterocycles. The third-order valence-electron chi connectivity index (χ3n) is 5.08. The van der Waals surface area contributed by atoms with Crippen LogP contribution >= 0.6 is 0 Å². The quantitative estimate of drug-likeness (QED) is 0.735. The lowest BCUT2D eigenvalue weighted by Crippen LogP contribution is -2.57. The largest absolute Gasteiger partial charge is 0.315 e. The van der Waals surface area contributed by atoms with Gasteiger partial charge in [-0.15, -0.1) is 0 Å². The average molecular weight is 240 g/mol. The molecule has 0 saturated heterocycles. The first-order chi connectivity index (χ1) is 8.10. The lowest BCUT2D eigenvalue weighted by atomic mass is 9.80. The topological polar surface area (TPSA) is 15.3 Å². The predicted octanol–water partition coefficient (Wildman–Crippen LogP) is 3.28. The molecule has 1 unspecified atom stereocenters. The minimum Gasteiger partial charge on any atom is -0.315 e. The van der Waals surface area contributed by atoms with Gasteiger partial charge in [0.15, 0.2) is 0 Å². The SMILES string of the molecule is CCC(CC)CC(NC)C1(N(C)C)CCCC1. The summed E-state index contributed by atoms with van der Waals surface area (Å²) in [5.41, 5.74) is 0.414. The molecule has 2 nitrogen and oxygen atoms in total. The van der Waals surface area contributed by atoms with Gasteiger partial charge in [0.05, 0.1) is 0 Å². The standard InChI is InChI=1S/C15H32N2/c1-6-13(7-2)12-14(16-3)15(17(4)5)10-8-9-11-15/h13-14,16H,6-12H2,1-5H3. The van der Waals surface area contributed by atoms with Crippen molar-refractivity contribution in [2.75, 3.05) is 21.1 Å². The van der Waals surface area contributed by atoms with Crippen molar-refractivity contribution in [2.45, 2.75) is 70.4 Å². The summed E-state index contributed by atoms with van der Waals surface area (Å²) in [5, 5.41) is 3.62. The van der Waals surface area contributed by atoms with Crippen molar-refractivity contribution in [3.8, 4) is 0 Å². The van der Waals surface area contributed by atoms with Gasteiger partial charge in [-0.3, -0.25) is 0 Å². The number of rotatable bonds is 7. The van der Waals surface area contributed by atoms with Gasteiger partial charge in [0, 0.05) is 11.6 Å². The van der Waals surface area contributed by atoms with Crippen molar-refractivity contribution < 1.29 is 0 Å². The Balaban J connectivity index is 2.75. The van der Waals surface area contributed by atoms with Crippen LogP contribution in [0.2, 0.25) is 0 Å². The molecular formula is C15H32N2. The zero-order valence-electron chi connectivity index (χ0n) is 12.6. The first-order valence-electron chi connectivity index (χ1n) is 7.45. The van der Waals surface area contributed by atoms with Gasteiger partial charge in [-0.25, -0.2) is 0 Å². The summed E-state index contributed by atoms with van der Waals surface area (Å²) < 4.78 is 0. The van der Waals surface area contributed by atoms with Crippen molar-refractivity contribution in [3.05, 3.63) is 0 Å². The van der Waals surface area contributed by atoms with Crippen LogP contribution in [-0.4, -0.2) is 37.6 Å². The highest BCUT2D eigenvalue weighted by Gasteiger charge is 2.42. The van der Waals surface area contributed by atoms with Crippen molar-refractivity contribution >= 4 is 0 Å². The molecule has 0 amide bonds. The smallest absolute Gasteiger partial charge is 0.0356 e. The van der Waals surface area contributed by atoms with E-state index < -0.39 is 0 Å². The summed E-state index contributed by atoms with van der Waals surface area (Å²) in [6, 6.07) is 0.657. The van der Waals surface area contributed by atoms with Gasteiger partial charge >= 0.3 is 0 Å². The van der Waals surface area contributed by atoms with E-state index in [2.05, 4.69) is 45.2 Å². The normalized spacial score (nSPS) is 21.4. The molecule has 0 aliphatic heterocycles. The Bertz CT molecular complexity index is 203. The molecule has 0 aromatic rings. The summed E-state index contributed by atoms with van der Waals surface area (Å²) in [4.78, 5) is 2.49. The minimum absolute atomic E-state index is 0.414. The highest BCUT2D eigenvalue weighted by atomic mass is 15.2. The van der Waals surface area contributed by atoms with Gasteiger partial charge in [-0.05, 0) is 46.3 Å². The minimum atomic E-state index is 0.414. The van der Waals surface area contributed by atoms with Crippen LogP contribution in [0.4, 0.5) is 0 Å². The number of hydrogen-bond donors (Lipinski definition) is 1. The fourth-order valence-corrected chi connectivity index (χ4v) is 3.66. The number of nitrogens with one attached hydrogen (secondary N) is 1. The van der Waals surface area contributed by atoms with Gasteiger partial charge in [-0.2, -0.15) is 0 Å². The molecule has 0 heterocycles. The van der Waals surface area contributed by atoms with Crippen LogP contribution in [0.25, 0.3) is 0 Å². The molecule has 1 atom stereocenters. The van der Waals surface area contributed by atoms with Crippen molar-refractivity contribution in [1.82, 2.24) is 10.2 Å². The Labute approximate surface area is 108 Å². The Kier molecular flexibility index (Phi) is 5.94. The van der Waals surface area contributed by atoms with E-state index in [1.54, 1.807) is 0 Å². The van der Waals surface area contributed by atoms with E-state index in [0.29, 0.717) is 11.6 Å². The van der Waals surface area contributed by atoms with Crippen LogP contribution in [0.15, 0.2) is 0 Å². The molecule has 17 heavy (non-hydrogen) atoms. The van der Waals surface area contributed by atoms with Crippen molar-refractivity contribution in [1.29, 1.82) is 0 Å². The zero-order chi connectivity index (χ0) is 12.9. The van der Waals surface area contributed by atoms with Crippen LogP contribution in [0, 0.1) is 5.92 Å². The number of nitrogens with zero attached hydrogens (tertiary/aromatic N) is 1. The Morgan fingerprint density at radius 1 is 1.12 bits per heavy atom. The van der Waals surface area contributed by atoms with E-state index in [0.717, 1.165) is 5.92 Å². The summed E-state index contributed by atoms with van der Waals surface area (Å²) in [6.45, 7) is 4.66. The summed E-state index contributed by atoms with van der Waals surface area (Å²) >= 11 is 0. The molecule has 0 radical (unpaired) electrons. The van der Waals surface area contributed by atoms with E-state index in [1.165, 1.54) is 44.9 Å². The maximum Gasteiger partial charge on any atom is 0.0356 e. The summed E-state index contributed by atoms with van der Waals surface area (Å²) in [7, 11) is 6.68. The molecule has 1 fully saturated rings. The van der Waals surface area contributed by atoms with Gasteiger partial charge in [0.1, 0.15) is 0 Å². The van der Waals surface area contributed by atoms with Crippen LogP contribution in [-0.2, 0) is 0 Å². The number of likely N-dealkylation sites (N-methyl/N-ethyl adjacent to an activating group) is 2. The maximum atomic E-state index is 3.62. The van der Waals surface area contributed by atoms with Crippen LogP contribution < -0.4 is 5.32 Å². The summed E-state index contributed by atoms with van der Waals surface area (Å²) in [6.07, 6.45) is 9.51. The van der Waals surface area contributed by atoms with Gasteiger partial charge < -0.3 is 10.2 Å². The van der Waals surface area contributed by atoms with Gasteiger partial charge in [0.2, 0.25) is 0 Å². The molecular weight excluding hydrogens is 208 g/mol. The molecule has 0 spiro atoms. The second kappa shape index (κ2) is 6.75. The lowest BCUT2D eigenvalue weighted by Gasteiger charge is -2.44. The van der Waals surface area contributed by atoms with E-state index in [4.69, 9.17) is 0 Å². The average Bonchev–Trinajstić information content (AvgIpc) is 2.81. The molecule has 0 bridgehead atoms. The third-order valence-corrected chi connectivity index (χ3v) is 5.08. The highest BCUT2D eigenvalue weighted by Crippen LogP contribution is 2.39. The predicted molar refractivity (Wildman–Crippen MR) is 76.4 cm³/mol. The highest BCUT2D eigenvalue weighted by molar-refractivity contribution is 5.02. The van der Waals surface area contributed by atoms with E-state index in [1.807, 2.05) is 0 Å². The molecule has 1 rings (SSSR count). The van der Waals surface area contributed by atoms with E-state index >= 15 is 0 Å². The lowest BCUT2D eigenvalue weighted by molar-refractivity contribution is 0.0936. The molecule has 2 heteroatoms.